The fourth-order valence-corrected chi connectivity index (χ4v) is 1.71. The van der Waals surface area contributed by atoms with Crippen LogP contribution in [0.15, 0.2) is 51.8 Å². The van der Waals surface area contributed by atoms with Gasteiger partial charge in [-0.1, -0.05) is 6.07 Å². The summed E-state index contributed by atoms with van der Waals surface area (Å²) in [5.74, 6) is -0.398. The van der Waals surface area contributed by atoms with Crippen LogP contribution in [0.5, 0.6) is 0 Å². The average molecular weight is 255 g/mol. The maximum atomic E-state index is 12.0. The minimum absolute atomic E-state index is 0.315. The van der Waals surface area contributed by atoms with Crippen molar-refractivity contribution in [3.05, 3.63) is 58.7 Å². The van der Waals surface area contributed by atoms with E-state index in [-0.39, 0.29) is 5.91 Å². The molecule has 0 saturated carbocycles. The first kappa shape index (κ1) is 11.2. The van der Waals surface area contributed by atoms with Crippen LogP contribution in [0.4, 0.5) is 5.82 Å². The number of carbonyl (C=O) groups excluding carboxylic acids is 1. The highest BCUT2D eigenvalue weighted by molar-refractivity contribution is 6.05. The van der Waals surface area contributed by atoms with E-state index in [2.05, 4.69) is 15.3 Å². The number of aromatic nitrogens is 2. The summed E-state index contributed by atoms with van der Waals surface area (Å²) >= 11 is 0. The molecule has 2 aromatic heterocycles. The smallest absolute Gasteiger partial charge is 0.408 e. The quantitative estimate of drug-likeness (QED) is 0.730. The van der Waals surface area contributed by atoms with Crippen LogP contribution in [0.3, 0.4) is 0 Å². The van der Waals surface area contributed by atoms with E-state index in [1.54, 1.807) is 36.5 Å². The van der Waals surface area contributed by atoms with E-state index in [9.17, 15) is 9.59 Å². The van der Waals surface area contributed by atoms with Crippen molar-refractivity contribution in [3.8, 4) is 0 Å². The molecule has 0 spiro atoms. The Kier molecular flexibility index (Phi) is 2.60. The van der Waals surface area contributed by atoms with Crippen molar-refractivity contribution >= 4 is 22.8 Å². The van der Waals surface area contributed by atoms with Gasteiger partial charge in [0.05, 0.1) is 5.52 Å². The van der Waals surface area contributed by atoms with E-state index in [1.807, 2.05) is 0 Å². The number of oxazole rings is 1. The van der Waals surface area contributed by atoms with Crippen LogP contribution in [0, 0.1) is 0 Å². The highest BCUT2D eigenvalue weighted by Gasteiger charge is 2.09. The van der Waals surface area contributed by atoms with Crippen LogP contribution in [-0.2, 0) is 0 Å². The summed E-state index contributed by atoms with van der Waals surface area (Å²) in [6.45, 7) is 0. The lowest BCUT2D eigenvalue weighted by Crippen LogP contribution is -2.12. The van der Waals surface area contributed by atoms with Crippen LogP contribution < -0.4 is 11.1 Å². The van der Waals surface area contributed by atoms with Crippen molar-refractivity contribution in [2.45, 2.75) is 0 Å². The Balaban J connectivity index is 1.91. The molecule has 2 heterocycles. The Morgan fingerprint density at radius 2 is 2.16 bits per heavy atom. The third-order valence-electron chi connectivity index (χ3n) is 2.59. The SMILES string of the molecule is O=C(Nc1ccccn1)c1ccc2[nH]c(=O)oc2c1. The molecule has 3 rings (SSSR count). The van der Waals surface area contributed by atoms with Gasteiger partial charge in [-0.15, -0.1) is 0 Å². The Bertz CT molecular complexity index is 790. The van der Waals surface area contributed by atoms with Crippen molar-refractivity contribution < 1.29 is 9.21 Å². The summed E-state index contributed by atoms with van der Waals surface area (Å²) in [5, 5.41) is 2.65. The van der Waals surface area contributed by atoms with Crippen LogP contribution in [-0.4, -0.2) is 15.9 Å². The number of hydrogen-bond acceptors (Lipinski definition) is 4. The van der Waals surface area contributed by atoms with Crippen molar-refractivity contribution in [2.24, 2.45) is 0 Å². The Morgan fingerprint density at radius 3 is 2.95 bits per heavy atom. The molecular formula is C13H9N3O3. The molecule has 1 aromatic carbocycles. The number of rotatable bonds is 2. The minimum atomic E-state index is -0.544. The molecule has 0 aliphatic heterocycles. The molecule has 0 fully saturated rings. The molecule has 3 aromatic rings. The molecule has 6 nitrogen and oxygen atoms in total. The molecular weight excluding hydrogens is 246 g/mol. The molecule has 6 heteroatoms. The number of amides is 1. The third kappa shape index (κ3) is 2.23. The normalized spacial score (nSPS) is 10.5. The minimum Gasteiger partial charge on any atom is -0.408 e. The van der Waals surface area contributed by atoms with Crippen LogP contribution in [0.25, 0.3) is 11.1 Å². The highest BCUT2D eigenvalue weighted by Crippen LogP contribution is 2.13. The maximum absolute atomic E-state index is 12.0. The number of nitrogens with zero attached hydrogens (tertiary/aromatic N) is 1. The summed E-state index contributed by atoms with van der Waals surface area (Å²) in [7, 11) is 0. The number of aromatic amines is 1. The Morgan fingerprint density at radius 1 is 1.26 bits per heavy atom. The lowest BCUT2D eigenvalue weighted by Gasteiger charge is -2.03. The Labute approximate surface area is 107 Å². The second-order valence-corrected chi connectivity index (χ2v) is 3.89. The molecule has 0 unspecified atom stereocenters. The standard InChI is InChI=1S/C13H9N3O3/c17-12(16-11-3-1-2-6-14-11)8-4-5-9-10(7-8)19-13(18)15-9/h1-7H,(H,15,18)(H,14,16,17). The molecule has 0 bridgehead atoms. The van der Waals surface area contributed by atoms with Gasteiger partial charge in [-0.05, 0) is 30.3 Å². The summed E-state index contributed by atoms with van der Waals surface area (Å²) in [5.41, 5.74) is 1.29. The maximum Gasteiger partial charge on any atom is 0.417 e. The molecule has 2 N–H and O–H groups in total. The highest BCUT2D eigenvalue weighted by atomic mass is 16.4. The van der Waals surface area contributed by atoms with Crippen molar-refractivity contribution in [3.63, 3.8) is 0 Å². The zero-order chi connectivity index (χ0) is 13.2. The molecule has 0 aliphatic rings. The molecule has 94 valence electrons. The fraction of sp³-hybridized carbons (Fsp3) is 0. The lowest BCUT2D eigenvalue weighted by atomic mass is 10.2. The van der Waals surface area contributed by atoms with Gasteiger partial charge >= 0.3 is 5.76 Å². The topological polar surface area (TPSA) is 88.0 Å². The molecule has 0 saturated heterocycles. The van der Waals surface area contributed by atoms with Gasteiger partial charge in [0.1, 0.15) is 5.82 Å². The second-order valence-electron chi connectivity index (χ2n) is 3.89. The van der Waals surface area contributed by atoms with E-state index in [0.717, 1.165) is 0 Å². The van der Waals surface area contributed by atoms with E-state index >= 15 is 0 Å². The van der Waals surface area contributed by atoms with E-state index in [0.29, 0.717) is 22.5 Å². The molecule has 19 heavy (non-hydrogen) atoms. The number of pyridine rings is 1. The van der Waals surface area contributed by atoms with Crippen molar-refractivity contribution in [1.82, 2.24) is 9.97 Å². The summed E-state index contributed by atoms with van der Waals surface area (Å²) in [4.78, 5) is 29.5. The van der Waals surface area contributed by atoms with Crippen molar-refractivity contribution in [1.29, 1.82) is 0 Å². The summed E-state index contributed by atoms with van der Waals surface area (Å²) < 4.78 is 4.90. The zero-order valence-corrected chi connectivity index (χ0v) is 9.71. The van der Waals surface area contributed by atoms with Gasteiger partial charge in [-0.3, -0.25) is 9.78 Å². The summed E-state index contributed by atoms with van der Waals surface area (Å²) in [6.07, 6.45) is 1.59. The first-order chi connectivity index (χ1) is 9.22. The van der Waals surface area contributed by atoms with Gasteiger partial charge in [0.25, 0.3) is 5.91 Å². The monoisotopic (exact) mass is 255 g/mol. The number of fused-ring (bicyclic) bond motifs is 1. The van der Waals surface area contributed by atoms with E-state index in [4.69, 9.17) is 4.42 Å². The Hall–Kier alpha value is -2.89. The lowest BCUT2D eigenvalue weighted by molar-refractivity contribution is 0.102. The van der Waals surface area contributed by atoms with Crippen LogP contribution >= 0.6 is 0 Å². The van der Waals surface area contributed by atoms with Gasteiger partial charge in [0, 0.05) is 11.8 Å². The van der Waals surface area contributed by atoms with Gasteiger partial charge in [0.15, 0.2) is 5.58 Å². The number of carbonyl (C=O) groups is 1. The zero-order valence-electron chi connectivity index (χ0n) is 9.71. The van der Waals surface area contributed by atoms with E-state index in [1.165, 1.54) is 6.07 Å². The molecule has 0 radical (unpaired) electrons. The van der Waals surface area contributed by atoms with Gasteiger partial charge < -0.3 is 9.73 Å². The number of H-pyrrole nitrogens is 1. The predicted molar refractivity (Wildman–Crippen MR) is 69.0 cm³/mol. The molecule has 0 aliphatic carbocycles. The first-order valence-electron chi connectivity index (χ1n) is 5.58. The van der Waals surface area contributed by atoms with Gasteiger partial charge in [0.2, 0.25) is 0 Å². The van der Waals surface area contributed by atoms with E-state index < -0.39 is 5.76 Å². The predicted octanol–water partition coefficient (Wildman–Crippen LogP) is 1.77. The van der Waals surface area contributed by atoms with Crippen LogP contribution in [0.1, 0.15) is 10.4 Å². The average Bonchev–Trinajstić information content (AvgIpc) is 2.78. The molecule has 1 amide bonds. The number of nitrogens with one attached hydrogen (secondary N) is 2. The fourth-order valence-electron chi connectivity index (χ4n) is 1.71. The number of benzene rings is 1. The first-order valence-corrected chi connectivity index (χ1v) is 5.58. The van der Waals surface area contributed by atoms with Gasteiger partial charge in [-0.2, -0.15) is 0 Å². The summed E-state index contributed by atoms with van der Waals surface area (Å²) in [6, 6.07) is 9.95. The number of hydrogen-bond donors (Lipinski definition) is 2. The third-order valence-corrected chi connectivity index (χ3v) is 2.59. The second kappa shape index (κ2) is 4.41. The van der Waals surface area contributed by atoms with Gasteiger partial charge in [-0.25, -0.2) is 9.78 Å². The largest absolute Gasteiger partial charge is 0.417 e. The molecule has 0 atom stereocenters. The van der Waals surface area contributed by atoms with Crippen molar-refractivity contribution in [2.75, 3.05) is 5.32 Å². The number of anilines is 1. The van der Waals surface area contributed by atoms with Crippen LogP contribution in [0.2, 0.25) is 0 Å².